The molecule has 1 saturated heterocycles. The predicted octanol–water partition coefficient (Wildman–Crippen LogP) is 2.78. The van der Waals surface area contributed by atoms with Gasteiger partial charge in [0.1, 0.15) is 5.82 Å². The Morgan fingerprint density at radius 2 is 1.91 bits per heavy atom. The predicted molar refractivity (Wildman–Crippen MR) is 94.4 cm³/mol. The number of nitrogens with one attached hydrogen (secondary N) is 1. The lowest BCUT2D eigenvalue weighted by Gasteiger charge is -2.29. The Labute approximate surface area is 142 Å². The maximum Gasteiger partial charge on any atom is 0.259 e. The van der Waals surface area contributed by atoms with Crippen LogP contribution in [0.25, 0.3) is 0 Å². The van der Waals surface area contributed by atoms with Crippen molar-refractivity contribution in [2.24, 2.45) is 0 Å². The van der Waals surface area contributed by atoms with E-state index in [0.29, 0.717) is 24.6 Å². The second kappa shape index (κ2) is 7.06. The zero-order valence-corrected chi connectivity index (χ0v) is 14.1. The molecule has 1 aromatic carbocycles. The molecule has 6 heteroatoms. The van der Waals surface area contributed by atoms with Gasteiger partial charge in [0.2, 0.25) is 0 Å². The lowest BCUT2D eigenvalue weighted by atomic mass is 10.2. The molecular weight excluding hydrogens is 393 g/mol. The molecule has 22 heavy (non-hydrogen) atoms. The number of carbonyl (C=O) groups excluding carboxylic acids is 1. The molecule has 0 radical (unpaired) electrons. The molecule has 1 N–H and O–H groups in total. The van der Waals surface area contributed by atoms with Gasteiger partial charge in [0.25, 0.3) is 5.91 Å². The number of ether oxygens (including phenoxy) is 1. The molecule has 0 bridgehead atoms. The van der Waals surface area contributed by atoms with Crippen molar-refractivity contribution >= 4 is 40.0 Å². The Morgan fingerprint density at radius 3 is 2.64 bits per heavy atom. The summed E-state index contributed by atoms with van der Waals surface area (Å²) < 4.78 is 6.49. The fraction of sp³-hybridized carbons (Fsp3) is 0.250. The third-order valence-corrected chi connectivity index (χ3v) is 4.16. The molecule has 5 nitrogen and oxygen atoms in total. The van der Waals surface area contributed by atoms with Crippen molar-refractivity contribution in [3.8, 4) is 0 Å². The van der Waals surface area contributed by atoms with Crippen molar-refractivity contribution in [2.75, 3.05) is 36.5 Å². The third-order valence-electron chi connectivity index (χ3n) is 3.44. The molecular formula is C16H16IN3O2. The molecule has 1 amide bonds. The Morgan fingerprint density at radius 1 is 1.18 bits per heavy atom. The summed E-state index contributed by atoms with van der Waals surface area (Å²) in [6.07, 6.45) is 1.71. The molecule has 1 aliphatic heterocycles. The quantitative estimate of drug-likeness (QED) is 0.793. The number of halogens is 1. The molecule has 2 heterocycles. The van der Waals surface area contributed by atoms with Crippen LogP contribution in [0, 0.1) is 3.57 Å². The van der Waals surface area contributed by atoms with Crippen LogP contribution in [0.4, 0.5) is 11.5 Å². The largest absolute Gasteiger partial charge is 0.378 e. The van der Waals surface area contributed by atoms with E-state index in [0.717, 1.165) is 22.3 Å². The van der Waals surface area contributed by atoms with Crippen molar-refractivity contribution in [3.05, 3.63) is 51.7 Å². The van der Waals surface area contributed by atoms with Crippen LogP contribution in [-0.2, 0) is 4.74 Å². The SMILES string of the molecule is O=C(Nc1ccc(I)cc1)c1cccnc1N1CCOCC1. The highest BCUT2D eigenvalue weighted by atomic mass is 127. The number of rotatable bonds is 3. The van der Waals surface area contributed by atoms with Gasteiger partial charge in [-0.05, 0) is 59.0 Å². The third kappa shape index (κ3) is 3.56. The number of anilines is 2. The highest BCUT2D eigenvalue weighted by Crippen LogP contribution is 2.20. The molecule has 0 unspecified atom stereocenters. The van der Waals surface area contributed by atoms with Gasteiger partial charge < -0.3 is 15.0 Å². The van der Waals surface area contributed by atoms with Gasteiger partial charge in [0.05, 0.1) is 18.8 Å². The van der Waals surface area contributed by atoms with Gasteiger partial charge in [-0.25, -0.2) is 4.98 Å². The molecule has 0 atom stereocenters. The van der Waals surface area contributed by atoms with E-state index in [1.54, 1.807) is 18.3 Å². The zero-order chi connectivity index (χ0) is 15.4. The molecule has 114 valence electrons. The smallest absolute Gasteiger partial charge is 0.259 e. The number of nitrogens with zero attached hydrogens (tertiary/aromatic N) is 2. The van der Waals surface area contributed by atoms with E-state index in [4.69, 9.17) is 4.74 Å². The fourth-order valence-electron chi connectivity index (χ4n) is 2.33. The monoisotopic (exact) mass is 409 g/mol. The Hall–Kier alpha value is -1.67. The van der Waals surface area contributed by atoms with Gasteiger partial charge in [-0.2, -0.15) is 0 Å². The maximum atomic E-state index is 12.6. The van der Waals surface area contributed by atoms with Crippen LogP contribution >= 0.6 is 22.6 Å². The van der Waals surface area contributed by atoms with Crippen molar-refractivity contribution in [2.45, 2.75) is 0 Å². The minimum absolute atomic E-state index is 0.143. The van der Waals surface area contributed by atoms with Crippen molar-refractivity contribution in [3.63, 3.8) is 0 Å². The molecule has 1 fully saturated rings. The first kappa shape index (κ1) is 15.2. The zero-order valence-electron chi connectivity index (χ0n) is 12.0. The Balaban J connectivity index is 1.81. The fourth-order valence-corrected chi connectivity index (χ4v) is 2.69. The van der Waals surface area contributed by atoms with E-state index in [1.165, 1.54) is 0 Å². The number of carbonyl (C=O) groups is 1. The molecule has 3 rings (SSSR count). The second-order valence-electron chi connectivity index (χ2n) is 4.94. The summed E-state index contributed by atoms with van der Waals surface area (Å²) in [6.45, 7) is 2.82. The molecule has 0 aliphatic carbocycles. The molecule has 1 aliphatic rings. The number of aromatic nitrogens is 1. The summed E-state index contributed by atoms with van der Waals surface area (Å²) in [5, 5.41) is 2.92. The normalized spacial score (nSPS) is 14.7. The van der Waals surface area contributed by atoms with Crippen LogP contribution < -0.4 is 10.2 Å². The van der Waals surface area contributed by atoms with Gasteiger partial charge in [0, 0.05) is 28.5 Å². The average Bonchev–Trinajstić information content (AvgIpc) is 2.58. The number of hydrogen-bond acceptors (Lipinski definition) is 4. The topological polar surface area (TPSA) is 54.5 Å². The summed E-state index contributed by atoms with van der Waals surface area (Å²) in [5.41, 5.74) is 1.37. The Kier molecular flexibility index (Phi) is 4.89. The van der Waals surface area contributed by atoms with E-state index in [2.05, 4.69) is 37.8 Å². The first-order valence-corrected chi connectivity index (χ1v) is 8.16. The number of morpholine rings is 1. The van der Waals surface area contributed by atoms with E-state index in [1.807, 2.05) is 24.3 Å². The van der Waals surface area contributed by atoms with Crippen LogP contribution in [0.1, 0.15) is 10.4 Å². The summed E-state index contributed by atoms with van der Waals surface area (Å²) in [4.78, 5) is 19.0. The molecule has 1 aromatic heterocycles. The van der Waals surface area contributed by atoms with Gasteiger partial charge >= 0.3 is 0 Å². The molecule has 0 saturated carbocycles. The minimum Gasteiger partial charge on any atom is -0.378 e. The van der Waals surface area contributed by atoms with Gasteiger partial charge in [-0.15, -0.1) is 0 Å². The lowest BCUT2D eigenvalue weighted by Crippen LogP contribution is -2.38. The van der Waals surface area contributed by atoms with Crippen LogP contribution in [0.15, 0.2) is 42.6 Å². The average molecular weight is 409 g/mol. The van der Waals surface area contributed by atoms with Crippen molar-refractivity contribution in [1.82, 2.24) is 4.98 Å². The highest BCUT2D eigenvalue weighted by Gasteiger charge is 2.19. The van der Waals surface area contributed by atoms with Crippen LogP contribution in [0.3, 0.4) is 0 Å². The van der Waals surface area contributed by atoms with Crippen molar-refractivity contribution in [1.29, 1.82) is 0 Å². The minimum atomic E-state index is -0.143. The van der Waals surface area contributed by atoms with E-state index < -0.39 is 0 Å². The first-order valence-electron chi connectivity index (χ1n) is 7.09. The maximum absolute atomic E-state index is 12.6. The van der Waals surface area contributed by atoms with E-state index >= 15 is 0 Å². The van der Waals surface area contributed by atoms with Crippen LogP contribution in [0.2, 0.25) is 0 Å². The summed E-state index contributed by atoms with van der Waals surface area (Å²) in [5.74, 6) is 0.574. The summed E-state index contributed by atoms with van der Waals surface area (Å²) >= 11 is 2.24. The van der Waals surface area contributed by atoms with Gasteiger partial charge in [0.15, 0.2) is 0 Å². The van der Waals surface area contributed by atoms with E-state index in [9.17, 15) is 4.79 Å². The van der Waals surface area contributed by atoms with Gasteiger partial charge in [-0.1, -0.05) is 0 Å². The number of amides is 1. The number of pyridine rings is 1. The highest BCUT2D eigenvalue weighted by molar-refractivity contribution is 14.1. The second-order valence-corrected chi connectivity index (χ2v) is 6.18. The van der Waals surface area contributed by atoms with Crippen molar-refractivity contribution < 1.29 is 9.53 Å². The summed E-state index contributed by atoms with van der Waals surface area (Å²) in [7, 11) is 0. The first-order chi connectivity index (χ1) is 10.7. The van der Waals surface area contributed by atoms with Crippen LogP contribution in [-0.4, -0.2) is 37.2 Å². The molecule has 0 spiro atoms. The summed E-state index contributed by atoms with van der Waals surface area (Å²) in [6, 6.07) is 11.3. The van der Waals surface area contributed by atoms with Crippen LogP contribution in [0.5, 0.6) is 0 Å². The molecule has 2 aromatic rings. The number of hydrogen-bond donors (Lipinski definition) is 1. The lowest BCUT2D eigenvalue weighted by molar-refractivity contribution is 0.102. The Bertz CT molecular complexity index is 655. The van der Waals surface area contributed by atoms with Gasteiger partial charge in [-0.3, -0.25) is 4.79 Å². The van der Waals surface area contributed by atoms with E-state index in [-0.39, 0.29) is 5.91 Å². The standard InChI is InChI=1S/C16H16IN3O2/c17-12-3-5-13(6-4-12)19-16(21)14-2-1-7-18-15(14)20-8-10-22-11-9-20/h1-7H,8-11H2,(H,19,21). The number of benzene rings is 1.